The standard InChI is InChI=1S/C20H16ClN5O/c1-13-23-19-16(18(27)15-10-6-7-11-17(15)21)12-22-26(19)20(24-13)25(2)14-8-4-3-5-9-14/h3-12H,1-2H3. The van der Waals surface area contributed by atoms with Crippen molar-refractivity contribution in [3.63, 3.8) is 0 Å². The average Bonchev–Trinajstić information content (AvgIpc) is 3.11. The Morgan fingerprint density at radius 2 is 1.70 bits per heavy atom. The van der Waals surface area contributed by atoms with Gasteiger partial charge in [0.15, 0.2) is 11.4 Å². The summed E-state index contributed by atoms with van der Waals surface area (Å²) in [5, 5.41) is 4.77. The summed E-state index contributed by atoms with van der Waals surface area (Å²) < 4.78 is 1.57. The zero-order valence-corrected chi connectivity index (χ0v) is 15.6. The van der Waals surface area contributed by atoms with Gasteiger partial charge in [0.1, 0.15) is 5.82 Å². The monoisotopic (exact) mass is 377 g/mol. The van der Waals surface area contributed by atoms with Gasteiger partial charge < -0.3 is 4.90 Å². The smallest absolute Gasteiger partial charge is 0.234 e. The molecule has 0 aliphatic rings. The summed E-state index contributed by atoms with van der Waals surface area (Å²) in [7, 11) is 1.90. The first-order valence-corrected chi connectivity index (χ1v) is 8.74. The van der Waals surface area contributed by atoms with Gasteiger partial charge in [0, 0.05) is 18.3 Å². The van der Waals surface area contributed by atoms with Crippen molar-refractivity contribution in [2.45, 2.75) is 6.92 Å². The van der Waals surface area contributed by atoms with Gasteiger partial charge in [-0.25, -0.2) is 4.98 Å². The van der Waals surface area contributed by atoms with Crippen LogP contribution in [0.4, 0.5) is 11.6 Å². The fourth-order valence-corrected chi connectivity index (χ4v) is 3.12. The molecule has 0 spiro atoms. The summed E-state index contributed by atoms with van der Waals surface area (Å²) in [5.74, 6) is 0.901. The number of fused-ring (bicyclic) bond motifs is 1. The molecule has 4 aromatic rings. The van der Waals surface area contributed by atoms with Gasteiger partial charge in [-0.15, -0.1) is 0 Å². The number of ketones is 1. The number of halogens is 1. The van der Waals surface area contributed by atoms with Crippen molar-refractivity contribution in [2.24, 2.45) is 0 Å². The lowest BCUT2D eigenvalue weighted by atomic mass is 10.1. The third-order valence-electron chi connectivity index (χ3n) is 4.27. The molecule has 0 fully saturated rings. The summed E-state index contributed by atoms with van der Waals surface area (Å²) in [4.78, 5) is 23.9. The Labute approximate surface area is 161 Å². The molecule has 0 radical (unpaired) electrons. The van der Waals surface area contributed by atoms with Crippen LogP contribution in [0.25, 0.3) is 5.65 Å². The van der Waals surface area contributed by atoms with Crippen molar-refractivity contribution >= 4 is 34.7 Å². The van der Waals surface area contributed by atoms with Crippen LogP contribution in [-0.2, 0) is 0 Å². The molecule has 0 aliphatic heterocycles. The van der Waals surface area contributed by atoms with Crippen molar-refractivity contribution in [3.8, 4) is 0 Å². The average molecular weight is 378 g/mol. The molecule has 0 aliphatic carbocycles. The quantitative estimate of drug-likeness (QED) is 0.501. The van der Waals surface area contributed by atoms with Gasteiger partial charge in [-0.2, -0.15) is 14.6 Å². The first-order chi connectivity index (χ1) is 13.1. The summed E-state index contributed by atoms with van der Waals surface area (Å²) in [6.07, 6.45) is 1.51. The molecule has 0 unspecified atom stereocenters. The third-order valence-corrected chi connectivity index (χ3v) is 4.60. The van der Waals surface area contributed by atoms with E-state index in [1.165, 1.54) is 6.20 Å². The largest absolute Gasteiger partial charge is 0.313 e. The lowest BCUT2D eigenvalue weighted by molar-refractivity contribution is 0.104. The van der Waals surface area contributed by atoms with Gasteiger partial charge in [-0.05, 0) is 31.2 Å². The van der Waals surface area contributed by atoms with Gasteiger partial charge in [0.25, 0.3) is 0 Å². The molecule has 2 heterocycles. The van der Waals surface area contributed by atoms with Crippen LogP contribution >= 0.6 is 11.6 Å². The highest BCUT2D eigenvalue weighted by molar-refractivity contribution is 6.35. The Balaban J connectivity index is 1.86. The zero-order valence-electron chi connectivity index (χ0n) is 14.8. The molecule has 0 N–H and O–H groups in total. The van der Waals surface area contributed by atoms with E-state index in [1.54, 1.807) is 35.7 Å². The molecule has 0 saturated heterocycles. The minimum Gasteiger partial charge on any atom is -0.313 e. The fraction of sp³-hybridized carbons (Fsp3) is 0.100. The number of carbonyl (C=O) groups excluding carboxylic acids is 1. The third kappa shape index (κ3) is 3.04. The van der Waals surface area contributed by atoms with Crippen molar-refractivity contribution in [1.82, 2.24) is 19.6 Å². The summed E-state index contributed by atoms with van der Waals surface area (Å²) in [6.45, 7) is 1.79. The Hall–Kier alpha value is -3.25. The summed E-state index contributed by atoms with van der Waals surface area (Å²) in [5.41, 5.74) is 2.20. The number of carbonyl (C=O) groups is 1. The molecule has 2 aromatic heterocycles. The maximum absolute atomic E-state index is 13.0. The number of para-hydroxylation sites is 1. The van der Waals surface area contributed by atoms with Gasteiger partial charge in [0.2, 0.25) is 5.95 Å². The lowest BCUT2D eigenvalue weighted by Gasteiger charge is -2.19. The number of hydrogen-bond acceptors (Lipinski definition) is 5. The Morgan fingerprint density at radius 1 is 1.00 bits per heavy atom. The molecule has 4 rings (SSSR count). The topological polar surface area (TPSA) is 63.4 Å². The SMILES string of the molecule is Cc1nc(N(C)c2ccccc2)n2ncc(C(=O)c3ccccc3Cl)c2n1. The van der Waals surface area contributed by atoms with Crippen LogP contribution in [0.2, 0.25) is 5.02 Å². The second-order valence-electron chi connectivity index (χ2n) is 6.07. The van der Waals surface area contributed by atoms with Crippen molar-refractivity contribution in [2.75, 3.05) is 11.9 Å². The van der Waals surface area contributed by atoms with E-state index in [-0.39, 0.29) is 5.78 Å². The molecule has 27 heavy (non-hydrogen) atoms. The first-order valence-electron chi connectivity index (χ1n) is 8.36. The van der Waals surface area contributed by atoms with E-state index in [4.69, 9.17) is 11.6 Å². The molecular weight excluding hydrogens is 362 g/mol. The van der Waals surface area contributed by atoms with Gasteiger partial charge in [-0.3, -0.25) is 4.79 Å². The summed E-state index contributed by atoms with van der Waals surface area (Å²) in [6, 6.07) is 16.7. The van der Waals surface area contributed by atoms with Crippen molar-refractivity contribution < 1.29 is 4.79 Å². The maximum atomic E-state index is 13.0. The highest BCUT2D eigenvalue weighted by atomic mass is 35.5. The van der Waals surface area contributed by atoms with Crippen LogP contribution in [0.3, 0.4) is 0 Å². The van der Waals surface area contributed by atoms with Crippen LogP contribution in [0, 0.1) is 6.92 Å². The van der Waals surface area contributed by atoms with Crippen LogP contribution in [0.1, 0.15) is 21.7 Å². The number of aromatic nitrogens is 4. The summed E-state index contributed by atoms with van der Waals surface area (Å²) >= 11 is 6.19. The molecule has 0 amide bonds. The molecule has 2 aromatic carbocycles. The number of aryl methyl sites for hydroxylation is 1. The number of benzene rings is 2. The molecular formula is C20H16ClN5O. The maximum Gasteiger partial charge on any atom is 0.234 e. The zero-order chi connectivity index (χ0) is 19.0. The highest BCUT2D eigenvalue weighted by Crippen LogP contribution is 2.25. The number of nitrogens with zero attached hydrogens (tertiary/aromatic N) is 5. The van der Waals surface area contributed by atoms with Crippen molar-refractivity contribution in [3.05, 3.63) is 82.8 Å². The number of anilines is 2. The molecule has 6 nitrogen and oxygen atoms in total. The van der Waals surface area contributed by atoms with Gasteiger partial charge in [0.05, 0.1) is 16.8 Å². The highest BCUT2D eigenvalue weighted by Gasteiger charge is 2.21. The minimum absolute atomic E-state index is 0.220. The van der Waals surface area contributed by atoms with E-state index >= 15 is 0 Å². The van der Waals surface area contributed by atoms with E-state index < -0.39 is 0 Å². The van der Waals surface area contributed by atoms with E-state index in [0.29, 0.717) is 33.6 Å². The van der Waals surface area contributed by atoms with E-state index in [1.807, 2.05) is 42.3 Å². The van der Waals surface area contributed by atoms with Crippen LogP contribution < -0.4 is 4.90 Å². The first kappa shape index (κ1) is 17.2. The van der Waals surface area contributed by atoms with Crippen LogP contribution in [0.15, 0.2) is 60.8 Å². The number of rotatable bonds is 4. The van der Waals surface area contributed by atoms with Gasteiger partial charge in [-0.1, -0.05) is 41.9 Å². The Bertz CT molecular complexity index is 1140. The predicted molar refractivity (Wildman–Crippen MR) is 105 cm³/mol. The van der Waals surface area contributed by atoms with Crippen LogP contribution in [-0.4, -0.2) is 32.4 Å². The van der Waals surface area contributed by atoms with Crippen LogP contribution in [0.5, 0.6) is 0 Å². The van der Waals surface area contributed by atoms with E-state index in [9.17, 15) is 4.79 Å². The predicted octanol–water partition coefficient (Wildman–Crippen LogP) is 4.09. The number of hydrogen-bond donors (Lipinski definition) is 0. The van der Waals surface area contributed by atoms with Gasteiger partial charge >= 0.3 is 0 Å². The lowest BCUT2D eigenvalue weighted by Crippen LogP contribution is -2.17. The van der Waals surface area contributed by atoms with E-state index in [0.717, 1.165) is 5.69 Å². The Morgan fingerprint density at radius 3 is 2.44 bits per heavy atom. The molecule has 134 valence electrons. The molecule has 7 heteroatoms. The van der Waals surface area contributed by atoms with Crippen molar-refractivity contribution in [1.29, 1.82) is 0 Å². The molecule has 0 bridgehead atoms. The molecule has 0 atom stereocenters. The Kier molecular flexibility index (Phi) is 4.33. The second-order valence-corrected chi connectivity index (χ2v) is 6.48. The van der Waals surface area contributed by atoms with E-state index in [2.05, 4.69) is 15.1 Å². The molecule has 0 saturated carbocycles. The normalized spacial score (nSPS) is 10.9. The minimum atomic E-state index is -0.220. The second kappa shape index (κ2) is 6.81. The fourth-order valence-electron chi connectivity index (χ4n) is 2.90.